The van der Waals surface area contributed by atoms with Crippen LogP contribution in [0.25, 0.3) is 0 Å². The fourth-order valence-electron chi connectivity index (χ4n) is 2.57. The van der Waals surface area contributed by atoms with Crippen LogP contribution in [0.15, 0.2) is 48.7 Å². The third-order valence-corrected chi connectivity index (χ3v) is 3.80. The number of aromatic nitrogens is 1. The Labute approximate surface area is 176 Å². The molecular weight excluding hydrogens is 386 g/mol. The summed E-state index contributed by atoms with van der Waals surface area (Å²) in [5.74, 6) is -2.15. The second-order valence-electron chi connectivity index (χ2n) is 7.49. The minimum absolute atomic E-state index is 0.0855. The zero-order chi connectivity index (χ0) is 22.1. The van der Waals surface area contributed by atoms with E-state index in [1.807, 2.05) is 30.3 Å². The Morgan fingerprint density at radius 3 is 2.40 bits per heavy atom. The maximum absolute atomic E-state index is 12.8. The zero-order valence-corrected chi connectivity index (χ0v) is 17.6. The van der Waals surface area contributed by atoms with Crippen LogP contribution in [0.1, 0.15) is 33.3 Å². The van der Waals surface area contributed by atoms with E-state index in [0.717, 1.165) is 5.56 Å². The number of amides is 1. The molecule has 0 bridgehead atoms. The molecule has 0 saturated heterocycles. The van der Waals surface area contributed by atoms with E-state index < -0.39 is 29.5 Å². The van der Waals surface area contributed by atoms with E-state index >= 15 is 0 Å². The number of carbonyl (C=O) groups excluding carboxylic acids is 3. The average Bonchev–Trinajstić information content (AvgIpc) is 2.68. The minimum Gasteiger partial charge on any atom is -0.459 e. The molecule has 30 heavy (non-hydrogen) atoms. The lowest BCUT2D eigenvalue weighted by molar-refractivity contribution is -0.155. The van der Waals surface area contributed by atoms with Crippen molar-refractivity contribution in [1.82, 2.24) is 4.98 Å². The van der Waals surface area contributed by atoms with Crippen LogP contribution < -0.4 is 10.6 Å². The Morgan fingerprint density at radius 2 is 1.77 bits per heavy atom. The Balaban J connectivity index is 2.25. The highest BCUT2D eigenvalue weighted by atomic mass is 16.6. The monoisotopic (exact) mass is 413 g/mol. The smallest absolute Gasteiger partial charge is 0.397 e. The van der Waals surface area contributed by atoms with Crippen molar-refractivity contribution >= 4 is 29.4 Å². The van der Waals surface area contributed by atoms with Crippen LogP contribution in [0.3, 0.4) is 0 Å². The molecule has 0 aliphatic rings. The van der Waals surface area contributed by atoms with Gasteiger partial charge in [-0.05, 0) is 45.4 Å². The molecule has 160 valence electrons. The van der Waals surface area contributed by atoms with Gasteiger partial charge in [-0.25, -0.2) is 14.6 Å². The summed E-state index contributed by atoms with van der Waals surface area (Å²) in [6.45, 7) is 7.06. The maximum atomic E-state index is 12.8. The largest absolute Gasteiger partial charge is 0.459 e. The molecule has 2 rings (SSSR count). The predicted octanol–water partition coefficient (Wildman–Crippen LogP) is 2.95. The van der Waals surface area contributed by atoms with E-state index in [-0.39, 0.29) is 18.1 Å². The molecule has 1 aromatic heterocycles. The summed E-state index contributed by atoms with van der Waals surface area (Å²) in [5, 5.41) is 5.50. The molecule has 0 spiro atoms. The van der Waals surface area contributed by atoms with Crippen LogP contribution in [0, 0.1) is 0 Å². The molecule has 0 aliphatic heterocycles. The summed E-state index contributed by atoms with van der Waals surface area (Å²) >= 11 is 0. The van der Waals surface area contributed by atoms with E-state index in [1.165, 1.54) is 6.20 Å². The number of esters is 2. The molecule has 2 aromatic rings. The lowest BCUT2D eigenvalue weighted by atomic mass is 10.1. The summed E-state index contributed by atoms with van der Waals surface area (Å²) in [5.41, 5.74) is 0.504. The Morgan fingerprint density at radius 1 is 1.07 bits per heavy atom. The van der Waals surface area contributed by atoms with E-state index in [2.05, 4.69) is 15.6 Å². The van der Waals surface area contributed by atoms with E-state index in [4.69, 9.17) is 9.47 Å². The van der Waals surface area contributed by atoms with Crippen molar-refractivity contribution < 1.29 is 23.9 Å². The van der Waals surface area contributed by atoms with Gasteiger partial charge >= 0.3 is 17.8 Å². The topological polar surface area (TPSA) is 107 Å². The number of ether oxygens (including phenoxy) is 2. The Bertz CT molecular complexity index is 878. The normalized spacial score (nSPS) is 11.9. The predicted molar refractivity (Wildman–Crippen MR) is 113 cm³/mol. The quantitative estimate of drug-likeness (QED) is 0.531. The van der Waals surface area contributed by atoms with Crippen LogP contribution in [0.5, 0.6) is 0 Å². The highest BCUT2D eigenvalue weighted by molar-refractivity contribution is 6.37. The zero-order valence-electron chi connectivity index (χ0n) is 17.6. The first-order valence-electron chi connectivity index (χ1n) is 9.66. The number of carbonyl (C=O) groups is 3. The molecule has 0 saturated carbocycles. The van der Waals surface area contributed by atoms with Crippen LogP contribution in [-0.4, -0.2) is 41.1 Å². The van der Waals surface area contributed by atoms with E-state index in [9.17, 15) is 14.4 Å². The van der Waals surface area contributed by atoms with Gasteiger partial charge in [0.15, 0.2) is 5.82 Å². The first kappa shape index (κ1) is 22.9. The third kappa shape index (κ3) is 7.20. The van der Waals surface area contributed by atoms with Gasteiger partial charge in [-0.3, -0.25) is 4.79 Å². The molecule has 0 fully saturated rings. The number of anilines is 2. The summed E-state index contributed by atoms with van der Waals surface area (Å²) in [6, 6.07) is 11.9. The number of pyridine rings is 1. The molecule has 1 unspecified atom stereocenters. The molecule has 0 radical (unpaired) electrons. The minimum atomic E-state index is -1.000. The Hall–Kier alpha value is -3.42. The molecule has 1 aromatic carbocycles. The van der Waals surface area contributed by atoms with Gasteiger partial charge in [-0.2, -0.15) is 0 Å². The molecule has 1 amide bonds. The van der Waals surface area contributed by atoms with Crippen molar-refractivity contribution in [1.29, 1.82) is 0 Å². The van der Waals surface area contributed by atoms with Crippen LogP contribution in [0.4, 0.5) is 11.5 Å². The number of nitrogens with one attached hydrogen (secondary N) is 2. The van der Waals surface area contributed by atoms with E-state index in [0.29, 0.717) is 6.42 Å². The number of nitrogens with zero attached hydrogens (tertiary/aromatic N) is 1. The third-order valence-electron chi connectivity index (χ3n) is 3.80. The molecule has 2 N–H and O–H groups in total. The second-order valence-corrected chi connectivity index (χ2v) is 7.49. The summed E-state index contributed by atoms with van der Waals surface area (Å²) < 4.78 is 10.2. The van der Waals surface area contributed by atoms with Crippen molar-refractivity contribution in [2.75, 3.05) is 17.2 Å². The SMILES string of the molecule is CCOC(=O)C(=O)Nc1cccnc1NC(Cc1ccccc1)C(=O)OC(C)(C)C. The second kappa shape index (κ2) is 10.4. The van der Waals surface area contributed by atoms with Crippen molar-refractivity contribution in [2.24, 2.45) is 0 Å². The molecule has 8 heteroatoms. The maximum Gasteiger partial charge on any atom is 0.397 e. The summed E-state index contributed by atoms with van der Waals surface area (Å²) in [7, 11) is 0. The van der Waals surface area contributed by atoms with Crippen molar-refractivity contribution in [3.8, 4) is 0 Å². The number of rotatable bonds is 7. The molecular formula is C22H27N3O5. The first-order valence-corrected chi connectivity index (χ1v) is 9.66. The van der Waals surface area contributed by atoms with Crippen LogP contribution >= 0.6 is 0 Å². The van der Waals surface area contributed by atoms with Gasteiger partial charge in [0.1, 0.15) is 11.6 Å². The van der Waals surface area contributed by atoms with Gasteiger partial charge in [-0.1, -0.05) is 30.3 Å². The lowest BCUT2D eigenvalue weighted by Gasteiger charge is -2.25. The highest BCUT2D eigenvalue weighted by Crippen LogP contribution is 2.21. The number of hydrogen-bond acceptors (Lipinski definition) is 7. The van der Waals surface area contributed by atoms with Gasteiger partial charge < -0.3 is 20.1 Å². The molecule has 1 atom stereocenters. The first-order chi connectivity index (χ1) is 14.2. The summed E-state index contributed by atoms with van der Waals surface area (Å²) in [6.07, 6.45) is 1.86. The van der Waals surface area contributed by atoms with Crippen molar-refractivity contribution in [2.45, 2.75) is 45.8 Å². The summed E-state index contributed by atoms with van der Waals surface area (Å²) in [4.78, 5) is 40.7. The number of benzene rings is 1. The van der Waals surface area contributed by atoms with Gasteiger partial charge in [-0.15, -0.1) is 0 Å². The molecule has 0 aliphatic carbocycles. The average molecular weight is 413 g/mol. The van der Waals surface area contributed by atoms with Crippen LogP contribution in [0.2, 0.25) is 0 Å². The van der Waals surface area contributed by atoms with Crippen LogP contribution in [-0.2, 0) is 30.3 Å². The lowest BCUT2D eigenvalue weighted by Crippen LogP contribution is -2.38. The van der Waals surface area contributed by atoms with Gasteiger partial charge in [0, 0.05) is 12.6 Å². The fraction of sp³-hybridized carbons (Fsp3) is 0.364. The van der Waals surface area contributed by atoms with Gasteiger partial charge in [0.2, 0.25) is 0 Å². The molecule has 1 heterocycles. The van der Waals surface area contributed by atoms with Gasteiger partial charge in [0.05, 0.1) is 12.3 Å². The standard InChI is InChI=1S/C22H27N3O5/c1-5-29-21(28)19(26)25-16-12-9-13-23-18(16)24-17(20(27)30-22(2,3)4)14-15-10-7-6-8-11-15/h6-13,17H,5,14H2,1-4H3,(H,23,24)(H,25,26). The number of hydrogen-bond donors (Lipinski definition) is 2. The highest BCUT2D eigenvalue weighted by Gasteiger charge is 2.27. The Kier molecular flexibility index (Phi) is 7.91. The van der Waals surface area contributed by atoms with Gasteiger partial charge in [0.25, 0.3) is 0 Å². The fourth-order valence-corrected chi connectivity index (χ4v) is 2.57. The van der Waals surface area contributed by atoms with Crippen molar-refractivity contribution in [3.63, 3.8) is 0 Å². The van der Waals surface area contributed by atoms with E-state index in [1.54, 1.807) is 39.8 Å². The molecule has 8 nitrogen and oxygen atoms in total. The van der Waals surface area contributed by atoms with Crippen molar-refractivity contribution in [3.05, 3.63) is 54.2 Å².